The van der Waals surface area contributed by atoms with Crippen LogP contribution in [0.5, 0.6) is 11.5 Å². The van der Waals surface area contributed by atoms with Crippen LogP contribution >= 0.6 is 11.6 Å². The highest BCUT2D eigenvalue weighted by molar-refractivity contribution is 6.32. The van der Waals surface area contributed by atoms with E-state index < -0.39 is 5.91 Å². The van der Waals surface area contributed by atoms with E-state index in [1.165, 1.54) is 7.11 Å². The second-order valence-electron chi connectivity index (χ2n) is 5.66. The first-order valence-corrected chi connectivity index (χ1v) is 8.96. The number of methoxy groups -OCH3 is 1. The van der Waals surface area contributed by atoms with Crippen molar-refractivity contribution in [3.05, 3.63) is 65.3 Å². The fraction of sp³-hybridized carbons (Fsp3) is 0.150. The number of carbonyl (C=O) groups excluding carboxylic acids is 1. The van der Waals surface area contributed by atoms with E-state index in [0.29, 0.717) is 34.6 Å². The molecule has 0 saturated carbocycles. The molecular formula is C20H19ClN4O3. The average Bonchev–Trinajstić information content (AvgIpc) is 2.70. The summed E-state index contributed by atoms with van der Waals surface area (Å²) >= 11 is 6.07. The molecule has 0 spiro atoms. The third-order valence-electron chi connectivity index (χ3n) is 3.76. The molecule has 1 amide bonds. The van der Waals surface area contributed by atoms with Gasteiger partial charge in [0.2, 0.25) is 0 Å². The Morgan fingerprint density at radius 3 is 2.57 bits per heavy atom. The van der Waals surface area contributed by atoms with Crippen molar-refractivity contribution in [1.29, 1.82) is 0 Å². The molecule has 0 saturated heterocycles. The highest BCUT2D eigenvalue weighted by atomic mass is 35.5. The number of rotatable bonds is 7. The lowest BCUT2D eigenvalue weighted by Crippen LogP contribution is -2.14. The zero-order valence-electron chi connectivity index (χ0n) is 15.4. The maximum atomic E-state index is 12.4. The molecule has 2 aromatic carbocycles. The van der Waals surface area contributed by atoms with Gasteiger partial charge in [0.05, 0.1) is 24.4 Å². The first kappa shape index (κ1) is 19.4. The summed E-state index contributed by atoms with van der Waals surface area (Å²) in [4.78, 5) is 12.4. The maximum Gasteiger partial charge on any atom is 0.276 e. The molecule has 0 aliphatic carbocycles. The van der Waals surface area contributed by atoms with Gasteiger partial charge >= 0.3 is 0 Å². The molecule has 0 aliphatic heterocycles. The number of anilines is 3. The van der Waals surface area contributed by atoms with Crippen molar-refractivity contribution < 1.29 is 14.3 Å². The van der Waals surface area contributed by atoms with Crippen LogP contribution in [0.15, 0.2) is 54.6 Å². The van der Waals surface area contributed by atoms with Gasteiger partial charge in [-0.2, -0.15) is 0 Å². The Morgan fingerprint density at radius 1 is 1.07 bits per heavy atom. The lowest BCUT2D eigenvalue weighted by Gasteiger charge is -2.11. The van der Waals surface area contributed by atoms with Crippen LogP contribution in [0.25, 0.3) is 0 Å². The van der Waals surface area contributed by atoms with E-state index in [-0.39, 0.29) is 5.69 Å². The fourth-order valence-corrected chi connectivity index (χ4v) is 2.71. The van der Waals surface area contributed by atoms with Crippen molar-refractivity contribution in [2.75, 3.05) is 24.4 Å². The summed E-state index contributed by atoms with van der Waals surface area (Å²) in [5.41, 5.74) is 1.48. The summed E-state index contributed by atoms with van der Waals surface area (Å²) in [6, 6.07) is 15.7. The third kappa shape index (κ3) is 4.69. The highest BCUT2D eigenvalue weighted by Gasteiger charge is 2.11. The average molecular weight is 399 g/mol. The van der Waals surface area contributed by atoms with Crippen LogP contribution in [0.1, 0.15) is 17.4 Å². The topological polar surface area (TPSA) is 85.4 Å². The molecule has 1 aromatic heterocycles. The lowest BCUT2D eigenvalue weighted by atomic mass is 10.2. The number of nitrogens with zero attached hydrogens (tertiary/aromatic N) is 2. The Labute approximate surface area is 167 Å². The summed E-state index contributed by atoms with van der Waals surface area (Å²) in [6.45, 7) is 2.47. The first-order chi connectivity index (χ1) is 13.6. The Balaban J connectivity index is 1.68. The van der Waals surface area contributed by atoms with Gasteiger partial charge < -0.3 is 20.1 Å². The van der Waals surface area contributed by atoms with Crippen molar-refractivity contribution in [3.63, 3.8) is 0 Å². The normalized spacial score (nSPS) is 10.2. The SMILES string of the molecule is CCOc1ccccc1Nc1ccc(C(=O)Nc2ccc(OC)c(Cl)c2)nn1. The van der Waals surface area contributed by atoms with Gasteiger partial charge in [-0.3, -0.25) is 4.79 Å². The maximum absolute atomic E-state index is 12.4. The minimum atomic E-state index is -0.394. The Kier molecular flexibility index (Phi) is 6.29. The molecule has 3 rings (SSSR count). The number of para-hydroxylation sites is 2. The molecule has 0 bridgehead atoms. The minimum Gasteiger partial charge on any atom is -0.495 e. The van der Waals surface area contributed by atoms with Gasteiger partial charge in [-0.05, 0) is 49.4 Å². The first-order valence-electron chi connectivity index (χ1n) is 8.58. The van der Waals surface area contributed by atoms with E-state index >= 15 is 0 Å². The number of benzene rings is 2. The van der Waals surface area contributed by atoms with Gasteiger partial charge in [0.1, 0.15) is 11.5 Å². The van der Waals surface area contributed by atoms with Crippen molar-refractivity contribution >= 4 is 34.7 Å². The molecule has 28 heavy (non-hydrogen) atoms. The van der Waals surface area contributed by atoms with Crippen LogP contribution < -0.4 is 20.1 Å². The van der Waals surface area contributed by atoms with Gasteiger partial charge in [-0.15, -0.1) is 10.2 Å². The Hall–Kier alpha value is -3.32. The van der Waals surface area contributed by atoms with E-state index in [4.69, 9.17) is 21.1 Å². The van der Waals surface area contributed by atoms with E-state index in [0.717, 1.165) is 5.69 Å². The van der Waals surface area contributed by atoms with Crippen LogP contribution in [0.4, 0.5) is 17.2 Å². The summed E-state index contributed by atoms with van der Waals surface area (Å²) in [7, 11) is 1.53. The smallest absolute Gasteiger partial charge is 0.276 e. The number of carbonyl (C=O) groups is 1. The van der Waals surface area contributed by atoms with Crippen molar-refractivity contribution in [3.8, 4) is 11.5 Å². The van der Waals surface area contributed by atoms with Gasteiger partial charge in [-0.1, -0.05) is 23.7 Å². The Morgan fingerprint density at radius 2 is 1.89 bits per heavy atom. The monoisotopic (exact) mass is 398 g/mol. The zero-order valence-corrected chi connectivity index (χ0v) is 16.2. The standard InChI is InChI=1S/C20H19ClN4O3/c1-3-28-18-7-5-4-6-15(18)23-19-11-9-16(24-25-19)20(26)22-13-8-10-17(27-2)14(21)12-13/h4-12H,3H2,1-2H3,(H,22,26)(H,23,25). The quantitative estimate of drug-likeness (QED) is 0.608. The summed E-state index contributed by atoms with van der Waals surface area (Å²) < 4.78 is 10.7. The number of ether oxygens (including phenoxy) is 2. The highest BCUT2D eigenvalue weighted by Crippen LogP contribution is 2.28. The Bertz CT molecular complexity index is 964. The molecule has 0 unspecified atom stereocenters. The zero-order chi connectivity index (χ0) is 19.9. The minimum absolute atomic E-state index is 0.176. The molecule has 1 heterocycles. The van der Waals surface area contributed by atoms with Crippen LogP contribution in [-0.2, 0) is 0 Å². The molecule has 144 valence electrons. The molecule has 8 heteroatoms. The third-order valence-corrected chi connectivity index (χ3v) is 4.05. The molecule has 0 fully saturated rings. The van der Waals surface area contributed by atoms with Gasteiger partial charge in [0, 0.05) is 5.69 Å². The molecule has 7 nitrogen and oxygen atoms in total. The number of hydrogen-bond donors (Lipinski definition) is 2. The van der Waals surface area contributed by atoms with Crippen LogP contribution in [0, 0.1) is 0 Å². The van der Waals surface area contributed by atoms with Crippen LogP contribution in [0.2, 0.25) is 5.02 Å². The summed E-state index contributed by atoms with van der Waals surface area (Å²) in [5.74, 6) is 1.35. The van der Waals surface area contributed by atoms with Gasteiger partial charge in [-0.25, -0.2) is 0 Å². The van der Waals surface area contributed by atoms with E-state index in [9.17, 15) is 4.79 Å². The number of halogens is 1. The summed E-state index contributed by atoms with van der Waals surface area (Å²) in [6.07, 6.45) is 0. The van der Waals surface area contributed by atoms with E-state index in [1.54, 1.807) is 30.3 Å². The molecule has 3 aromatic rings. The fourth-order valence-electron chi connectivity index (χ4n) is 2.45. The van der Waals surface area contributed by atoms with Crippen molar-refractivity contribution in [2.45, 2.75) is 6.92 Å². The van der Waals surface area contributed by atoms with E-state index in [2.05, 4.69) is 20.8 Å². The second-order valence-corrected chi connectivity index (χ2v) is 6.07. The largest absolute Gasteiger partial charge is 0.495 e. The summed E-state index contributed by atoms with van der Waals surface area (Å²) in [5, 5.41) is 14.3. The molecule has 0 atom stereocenters. The lowest BCUT2D eigenvalue weighted by molar-refractivity contribution is 0.102. The van der Waals surface area contributed by atoms with Gasteiger partial charge in [0.25, 0.3) is 5.91 Å². The van der Waals surface area contributed by atoms with Crippen molar-refractivity contribution in [2.24, 2.45) is 0 Å². The van der Waals surface area contributed by atoms with Crippen molar-refractivity contribution in [1.82, 2.24) is 10.2 Å². The predicted octanol–water partition coefficient (Wildman–Crippen LogP) is 4.53. The van der Waals surface area contributed by atoms with Gasteiger partial charge in [0.15, 0.2) is 11.5 Å². The molecule has 0 radical (unpaired) electrons. The number of amides is 1. The van der Waals surface area contributed by atoms with E-state index in [1.807, 2.05) is 31.2 Å². The molecule has 2 N–H and O–H groups in total. The number of nitrogens with one attached hydrogen (secondary N) is 2. The predicted molar refractivity (Wildman–Crippen MR) is 109 cm³/mol. The number of hydrogen-bond acceptors (Lipinski definition) is 6. The molecular weight excluding hydrogens is 380 g/mol. The molecule has 0 aliphatic rings. The van der Waals surface area contributed by atoms with Crippen LogP contribution in [0.3, 0.4) is 0 Å². The van der Waals surface area contributed by atoms with Crippen LogP contribution in [-0.4, -0.2) is 29.8 Å². The number of aromatic nitrogens is 2. The second kappa shape index (κ2) is 9.05.